The first kappa shape index (κ1) is 22.7. The molecule has 0 radical (unpaired) electrons. The molecule has 0 saturated heterocycles. The van der Waals surface area contributed by atoms with Crippen LogP contribution in [0, 0.1) is 0 Å². The quantitative estimate of drug-likeness (QED) is 0.665. The maximum atomic E-state index is 13.4. The molecule has 2 amide bonds. The van der Waals surface area contributed by atoms with E-state index in [9.17, 15) is 31.5 Å². The number of carbonyl (C=O) groups is 2. The molecule has 168 valence electrons. The van der Waals surface area contributed by atoms with Gasteiger partial charge in [-0.25, -0.2) is 4.98 Å². The zero-order valence-corrected chi connectivity index (χ0v) is 16.2. The number of hydrogen-bond acceptors (Lipinski definition) is 4. The van der Waals surface area contributed by atoms with Gasteiger partial charge >= 0.3 is 12.1 Å². The van der Waals surface area contributed by atoms with Gasteiger partial charge in [-0.2, -0.15) is 22.0 Å². The van der Waals surface area contributed by atoms with Crippen molar-refractivity contribution in [2.75, 3.05) is 6.54 Å². The van der Waals surface area contributed by atoms with Crippen molar-refractivity contribution in [1.82, 2.24) is 14.5 Å². The maximum absolute atomic E-state index is 13.4. The van der Waals surface area contributed by atoms with Crippen LogP contribution in [-0.4, -0.2) is 45.0 Å². The molecule has 3 rings (SSSR count). The molecule has 0 spiro atoms. The summed E-state index contributed by atoms with van der Waals surface area (Å²) in [5, 5.41) is 0. The second kappa shape index (κ2) is 8.25. The Labute approximate surface area is 173 Å². The summed E-state index contributed by atoms with van der Waals surface area (Å²) in [7, 11) is 0. The van der Waals surface area contributed by atoms with Crippen LogP contribution in [0.4, 0.5) is 22.0 Å². The van der Waals surface area contributed by atoms with Crippen molar-refractivity contribution < 1.29 is 31.5 Å². The molecule has 2 aromatic rings. The van der Waals surface area contributed by atoms with Crippen LogP contribution in [-0.2, 0) is 28.6 Å². The first-order valence-corrected chi connectivity index (χ1v) is 9.34. The van der Waals surface area contributed by atoms with Crippen LogP contribution in [0.25, 0.3) is 11.3 Å². The molecular formula is C19H20F5N5O2. The van der Waals surface area contributed by atoms with Gasteiger partial charge in [0.1, 0.15) is 5.82 Å². The summed E-state index contributed by atoms with van der Waals surface area (Å²) in [6.45, 7) is 0.900. The summed E-state index contributed by atoms with van der Waals surface area (Å²) < 4.78 is 66.2. The van der Waals surface area contributed by atoms with Crippen LogP contribution in [0.1, 0.15) is 24.2 Å². The highest BCUT2D eigenvalue weighted by Gasteiger charge is 2.58. The van der Waals surface area contributed by atoms with Crippen LogP contribution in [0.5, 0.6) is 0 Å². The monoisotopic (exact) mass is 445 g/mol. The Balaban J connectivity index is 1.73. The van der Waals surface area contributed by atoms with Crippen LogP contribution in [0.3, 0.4) is 0 Å². The van der Waals surface area contributed by atoms with E-state index in [2.05, 4.69) is 4.98 Å². The van der Waals surface area contributed by atoms with Crippen LogP contribution in [0.15, 0.2) is 30.5 Å². The number of rotatable bonds is 6. The third-order valence-corrected chi connectivity index (χ3v) is 5.03. The van der Waals surface area contributed by atoms with Gasteiger partial charge in [0.15, 0.2) is 0 Å². The lowest BCUT2D eigenvalue weighted by molar-refractivity contribution is -0.289. The number of amides is 2. The van der Waals surface area contributed by atoms with E-state index >= 15 is 0 Å². The van der Waals surface area contributed by atoms with Gasteiger partial charge in [0.05, 0.1) is 18.3 Å². The molecule has 31 heavy (non-hydrogen) atoms. The number of aromatic nitrogens is 2. The minimum Gasteiger partial charge on any atom is -0.370 e. The zero-order chi connectivity index (χ0) is 23.0. The van der Waals surface area contributed by atoms with Crippen molar-refractivity contribution in [3.63, 3.8) is 0 Å². The van der Waals surface area contributed by atoms with Gasteiger partial charge in [-0.1, -0.05) is 24.3 Å². The fourth-order valence-electron chi connectivity index (χ4n) is 3.25. The van der Waals surface area contributed by atoms with Gasteiger partial charge in [-0.15, -0.1) is 0 Å². The van der Waals surface area contributed by atoms with Crippen molar-refractivity contribution in [1.29, 1.82) is 0 Å². The van der Waals surface area contributed by atoms with E-state index in [0.717, 1.165) is 24.3 Å². The summed E-state index contributed by atoms with van der Waals surface area (Å²) >= 11 is 0. The first-order chi connectivity index (χ1) is 14.4. The second-order valence-electron chi connectivity index (χ2n) is 7.26. The molecule has 1 aromatic heterocycles. The normalized spacial score (nSPS) is 15.5. The van der Waals surface area contributed by atoms with Gasteiger partial charge < -0.3 is 20.9 Å². The Bertz CT molecular complexity index is 971. The highest BCUT2D eigenvalue weighted by Crippen LogP contribution is 2.44. The number of fused-ring (bicyclic) bond motifs is 1. The van der Waals surface area contributed by atoms with Crippen molar-refractivity contribution in [3.05, 3.63) is 41.9 Å². The molecule has 0 bridgehead atoms. The van der Waals surface area contributed by atoms with E-state index in [1.54, 1.807) is 10.8 Å². The average molecular weight is 445 g/mol. The molecule has 1 aromatic carbocycles. The molecule has 7 nitrogen and oxygen atoms in total. The Morgan fingerprint density at radius 2 is 1.74 bits per heavy atom. The molecule has 0 unspecified atom stereocenters. The maximum Gasteiger partial charge on any atom is 0.458 e. The lowest BCUT2D eigenvalue weighted by Crippen LogP contribution is -2.47. The molecule has 4 N–H and O–H groups in total. The fraction of sp³-hybridized carbons (Fsp3) is 0.421. The van der Waals surface area contributed by atoms with Gasteiger partial charge in [0, 0.05) is 36.8 Å². The standard InChI is InChI=1S/C19H20F5N5O2/c20-18(21,19(22,23)24)12-3-1-11(2-4-12)14-9-28-7-8-29(10-16(28)27-14)17(31)13(25)5-6-15(26)30/h1-4,9,13H,5-8,10,25H2,(H2,26,30)/t13-/m0/s1. The predicted octanol–water partition coefficient (Wildman–Crippen LogP) is 2.14. The van der Waals surface area contributed by atoms with Gasteiger partial charge in [0.25, 0.3) is 0 Å². The highest BCUT2D eigenvalue weighted by molar-refractivity contribution is 5.82. The minimum absolute atomic E-state index is 0.0110. The molecule has 12 heteroatoms. The largest absolute Gasteiger partial charge is 0.458 e. The minimum atomic E-state index is -5.68. The van der Waals surface area contributed by atoms with E-state index in [1.807, 2.05) is 0 Å². The Morgan fingerprint density at radius 3 is 2.32 bits per heavy atom. The van der Waals surface area contributed by atoms with Crippen molar-refractivity contribution in [2.45, 2.75) is 44.1 Å². The number of nitrogens with two attached hydrogens (primary N) is 2. The summed E-state index contributed by atoms with van der Waals surface area (Å²) in [6.07, 6.45) is -3.93. The lowest BCUT2D eigenvalue weighted by atomic mass is 10.0. The predicted molar refractivity (Wildman–Crippen MR) is 99.4 cm³/mol. The summed E-state index contributed by atoms with van der Waals surface area (Å²) in [4.78, 5) is 29.2. The number of halogens is 5. The lowest BCUT2D eigenvalue weighted by Gasteiger charge is -2.29. The summed E-state index contributed by atoms with van der Waals surface area (Å²) in [5.74, 6) is -5.34. The fourth-order valence-corrected chi connectivity index (χ4v) is 3.25. The molecule has 0 saturated carbocycles. The van der Waals surface area contributed by atoms with Crippen molar-refractivity contribution >= 4 is 11.8 Å². The van der Waals surface area contributed by atoms with E-state index < -0.39 is 29.6 Å². The van der Waals surface area contributed by atoms with Crippen LogP contribution in [0.2, 0.25) is 0 Å². The van der Waals surface area contributed by atoms with Crippen molar-refractivity contribution in [2.24, 2.45) is 11.5 Å². The van der Waals surface area contributed by atoms with Gasteiger partial charge in [0.2, 0.25) is 11.8 Å². The number of primary amides is 1. The second-order valence-corrected chi connectivity index (χ2v) is 7.26. The number of benzene rings is 1. The number of alkyl halides is 5. The molecule has 1 atom stereocenters. The number of nitrogens with zero attached hydrogens (tertiary/aromatic N) is 3. The van der Waals surface area contributed by atoms with E-state index in [1.165, 1.54) is 4.90 Å². The molecular weight excluding hydrogens is 425 g/mol. The molecule has 1 aliphatic heterocycles. The Kier molecular flexibility index (Phi) is 6.03. The zero-order valence-electron chi connectivity index (χ0n) is 16.2. The Hall–Kier alpha value is -3.02. The molecule has 0 fully saturated rings. The smallest absolute Gasteiger partial charge is 0.370 e. The van der Waals surface area contributed by atoms with Crippen molar-refractivity contribution in [3.8, 4) is 11.3 Å². The van der Waals surface area contributed by atoms with Crippen LogP contribution < -0.4 is 11.5 Å². The first-order valence-electron chi connectivity index (χ1n) is 9.34. The highest BCUT2D eigenvalue weighted by atomic mass is 19.4. The third-order valence-electron chi connectivity index (χ3n) is 5.03. The van der Waals surface area contributed by atoms with E-state index in [4.69, 9.17) is 11.5 Å². The molecule has 0 aliphatic carbocycles. The third kappa shape index (κ3) is 4.68. The van der Waals surface area contributed by atoms with Crippen LogP contribution >= 0.6 is 0 Å². The molecule has 2 heterocycles. The Morgan fingerprint density at radius 1 is 1.10 bits per heavy atom. The summed E-state index contributed by atoms with van der Waals surface area (Å²) in [5.41, 5.74) is 10.5. The van der Waals surface area contributed by atoms with E-state index in [0.29, 0.717) is 30.2 Å². The van der Waals surface area contributed by atoms with E-state index in [-0.39, 0.29) is 25.3 Å². The summed E-state index contributed by atoms with van der Waals surface area (Å²) in [6, 6.07) is 2.85. The SMILES string of the molecule is NC(=O)CC[C@H](N)C(=O)N1CCn2cc(-c3ccc(C(F)(F)C(F)(F)F)cc3)nc2C1. The van der Waals surface area contributed by atoms with Gasteiger partial charge in [-0.05, 0) is 6.42 Å². The topological polar surface area (TPSA) is 107 Å². The number of hydrogen-bond donors (Lipinski definition) is 2. The number of carbonyl (C=O) groups excluding carboxylic acids is 2. The number of imidazole rings is 1. The molecule has 1 aliphatic rings. The average Bonchev–Trinajstić information content (AvgIpc) is 3.14. The van der Waals surface area contributed by atoms with Gasteiger partial charge in [-0.3, -0.25) is 9.59 Å².